The number of ether oxygens (including phenoxy) is 2. The van der Waals surface area contributed by atoms with E-state index in [1.807, 2.05) is 24.3 Å². The van der Waals surface area contributed by atoms with Crippen molar-refractivity contribution in [3.05, 3.63) is 57.0 Å². The summed E-state index contributed by atoms with van der Waals surface area (Å²) in [6.45, 7) is 0.439. The van der Waals surface area contributed by atoms with Crippen LogP contribution in [0.15, 0.2) is 51.4 Å². The van der Waals surface area contributed by atoms with Gasteiger partial charge in [-0.05, 0) is 46.3 Å². The van der Waals surface area contributed by atoms with Crippen LogP contribution in [0.5, 0.6) is 5.75 Å². The Balaban J connectivity index is 1.83. The molecule has 0 saturated carbocycles. The number of benzene rings is 2. The van der Waals surface area contributed by atoms with Crippen molar-refractivity contribution in [1.82, 2.24) is 0 Å². The highest BCUT2D eigenvalue weighted by atomic mass is 79.9. The summed E-state index contributed by atoms with van der Waals surface area (Å²) in [5.74, 6) is 0.276. The Morgan fingerprint density at radius 2 is 1.86 bits per heavy atom. The maximum Gasteiger partial charge on any atom is 0.339 e. The number of anilines is 1. The van der Waals surface area contributed by atoms with Crippen LogP contribution in [-0.4, -0.2) is 19.2 Å². The van der Waals surface area contributed by atoms with Gasteiger partial charge in [-0.2, -0.15) is 0 Å². The van der Waals surface area contributed by atoms with E-state index in [2.05, 4.69) is 31.9 Å². The van der Waals surface area contributed by atoms with Gasteiger partial charge in [0, 0.05) is 10.2 Å². The van der Waals surface area contributed by atoms with Crippen LogP contribution in [0.2, 0.25) is 0 Å². The van der Waals surface area contributed by atoms with Gasteiger partial charge in [0.25, 0.3) is 0 Å². The lowest BCUT2D eigenvalue weighted by atomic mass is 10.2. The molecule has 0 aromatic heterocycles. The zero-order valence-electron chi connectivity index (χ0n) is 11.0. The average Bonchev–Trinajstić information content (AvgIpc) is 2.46. The van der Waals surface area contributed by atoms with Crippen LogP contribution in [0.1, 0.15) is 10.4 Å². The van der Waals surface area contributed by atoms with Crippen LogP contribution in [0.4, 0.5) is 5.69 Å². The number of halogens is 2. The minimum Gasteiger partial charge on any atom is -0.490 e. The van der Waals surface area contributed by atoms with Gasteiger partial charge >= 0.3 is 5.97 Å². The lowest BCUT2D eigenvalue weighted by Crippen LogP contribution is -2.13. The molecule has 2 aromatic rings. The first-order valence-corrected chi connectivity index (χ1v) is 7.76. The van der Waals surface area contributed by atoms with Gasteiger partial charge in [0.05, 0.1) is 10.0 Å². The molecule has 110 valence electrons. The van der Waals surface area contributed by atoms with Crippen LogP contribution >= 0.6 is 31.9 Å². The van der Waals surface area contributed by atoms with Crippen molar-refractivity contribution in [2.75, 3.05) is 18.9 Å². The average molecular weight is 415 g/mol. The molecular formula is C15H13Br2NO3. The molecule has 0 radical (unpaired) electrons. The smallest absolute Gasteiger partial charge is 0.339 e. The normalized spacial score (nSPS) is 10.2. The van der Waals surface area contributed by atoms with E-state index in [1.165, 1.54) is 0 Å². The van der Waals surface area contributed by atoms with Gasteiger partial charge in [-0.1, -0.05) is 28.1 Å². The number of hydrogen-bond donors (Lipinski definition) is 1. The summed E-state index contributed by atoms with van der Waals surface area (Å²) in [4.78, 5) is 11.9. The van der Waals surface area contributed by atoms with Crippen molar-refractivity contribution in [3.63, 3.8) is 0 Å². The maximum atomic E-state index is 11.9. The van der Waals surface area contributed by atoms with Crippen LogP contribution in [0.25, 0.3) is 0 Å². The van der Waals surface area contributed by atoms with Crippen molar-refractivity contribution in [1.29, 1.82) is 0 Å². The summed E-state index contributed by atoms with van der Waals surface area (Å²) < 4.78 is 12.1. The third kappa shape index (κ3) is 4.47. The van der Waals surface area contributed by atoms with Crippen LogP contribution in [0.3, 0.4) is 0 Å². The standard InChI is InChI=1S/C15H13Br2NO3/c16-10-3-1-4-11(9-10)20-7-8-21-15(19)12-5-2-6-13(18)14(12)17/h1-6,9H,7-8,18H2. The van der Waals surface area contributed by atoms with E-state index < -0.39 is 5.97 Å². The Labute approximate surface area is 139 Å². The second-order valence-corrected chi connectivity index (χ2v) is 5.86. The quantitative estimate of drug-likeness (QED) is 0.455. The highest BCUT2D eigenvalue weighted by molar-refractivity contribution is 9.11. The lowest BCUT2D eigenvalue weighted by Gasteiger charge is -2.09. The molecule has 0 heterocycles. The molecule has 0 atom stereocenters. The van der Waals surface area contributed by atoms with Gasteiger partial charge in [-0.25, -0.2) is 4.79 Å². The fourth-order valence-corrected chi connectivity index (χ4v) is 2.44. The summed E-state index contributed by atoms with van der Waals surface area (Å²) in [6.07, 6.45) is 0. The topological polar surface area (TPSA) is 61.6 Å². The molecule has 4 nitrogen and oxygen atoms in total. The van der Waals surface area contributed by atoms with Crippen LogP contribution in [0, 0.1) is 0 Å². The molecule has 0 aliphatic heterocycles. The summed E-state index contributed by atoms with van der Waals surface area (Å²) in [6, 6.07) is 12.5. The van der Waals surface area contributed by atoms with Crippen molar-refractivity contribution in [3.8, 4) is 5.75 Å². The molecule has 0 bridgehead atoms. The Hall–Kier alpha value is -1.53. The van der Waals surface area contributed by atoms with Gasteiger partial charge < -0.3 is 15.2 Å². The lowest BCUT2D eigenvalue weighted by molar-refractivity contribution is 0.0449. The van der Waals surface area contributed by atoms with Crippen molar-refractivity contribution in [2.45, 2.75) is 0 Å². The Bertz CT molecular complexity index is 647. The van der Waals surface area contributed by atoms with E-state index in [-0.39, 0.29) is 13.2 Å². The number of nitrogens with two attached hydrogens (primary N) is 1. The highest BCUT2D eigenvalue weighted by Gasteiger charge is 2.12. The van der Waals surface area contributed by atoms with Gasteiger partial charge in [-0.15, -0.1) is 0 Å². The number of carbonyl (C=O) groups excluding carboxylic acids is 1. The van der Waals surface area contributed by atoms with E-state index in [0.717, 1.165) is 4.47 Å². The number of rotatable bonds is 5. The second kappa shape index (κ2) is 7.47. The molecular weight excluding hydrogens is 402 g/mol. The number of hydrogen-bond acceptors (Lipinski definition) is 4. The first kappa shape index (κ1) is 15.9. The first-order valence-electron chi connectivity index (χ1n) is 6.17. The largest absolute Gasteiger partial charge is 0.490 e. The molecule has 0 aliphatic rings. The minimum atomic E-state index is -0.438. The molecule has 2 aromatic carbocycles. The van der Waals surface area contributed by atoms with E-state index in [0.29, 0.717) is 21.5 Å². The summed E-state index contributed by atoms with van der Waals surface area (Å²) >= 11 is 6.63. The van der Waals surface area contributed by atoms with Crippen molar-refractivity contribution >= 4 is 43.5 Å². The summed E-state index contributed by atoms with van der Waals surface area (Å²) in [5, 5.41) is 0. The Kier molecular flexibility index (Phi) is 5.64. The van der Waals surface area contributed by atoms with Crippen LogP contribution in [-0.2, 0) is 4.74 Å². The number of nitrogen functional groups attached to an aromatic ring is 1. The number of carbonyl (C=O) groups is 1. The number of esters is 1. The molecule has 0 aliphatic carbocycles. The third-order valence-corrected chi connectivity index (χ3v) is 4.01. The molecule has 0 fully saturated rings. The van der Waals surface area contributed by atoms with E-state index >= 15 is 0 Å². The summed E-state index contributed by atoms with van der Waals surface area (Å²) in [5.41, 5.74) is 6.62. The minimum absolute atomic E-state index is 0.159. The molecule has 2 N–H and O–H groups in total. The summed E-state index contributed by atoms with van der Waals surface area (Å²) in [7, 11) is 0. The second-order valence-electron chi connectivity index (χ2n) is 4.15. The van der Waals surface area contributed by atoms with Crippen molar-refractivity contribution < 1.29 is 14.3 Å². The van der Waals surface area contributed by atoms with Gasteiger partial charge in [0.2, 0.25) is 0 Å². The molecule has 2 rings (SSSR count). The zero-order valence-corrected chi connectivity index (χ0v) is 14.2. The monoisotopic (exact) mass is 413 g/mol. The first-order chi connectivity index (χ1) is 10.1. The van der Waals surface area contributed by atoms with E-state index in [4.69, 9.17) is 15.2 Å². The fourth-order valence-electron chi connectivity index (χ4n) is 1.64. The zero-order chi connectivity index (χ0) is 15.2. The SMILES string of the molecule is Nc1cccc(C(=O)OCCOc2cccc(Br)c2)c1Br. The third-order valence-electron chi connectivity index (χ3n) is 2.63. The molecule has 21 heavy (non-hydrogen) atoms. The predicted octanol–water partition coefficient (Wildman–Crippen LogP) is 4.03. The van der Waals surface area contributed by atoms with E-state index in [1.54, 1.807) is 18.2 Å². The molecule has 6 heteroatoms. The van der Waals surface area contributed by atoms with Gasteiger partial charge in [-0.3, -0.25) is 0 Å². The van der Waals surface area contributed by atoms with Gasteiger partial charge in [0.15, 0.2) is 0 Å². The Morgan fingerprint density at radius 1 is 1.10 bits per heavy atom. The molecule has 0 spiro atoms. The van der Waals surface area contributed by atoms with E-state index in [9.17, 15) is 4.79 Å². The van der Waals surface area contributed by atoms with Crippen LogP contribution < -0.4 is 10.5 Å². The molecule has 0 saturated heterocycles. The van der Waals surface area contributed by atoms with Gasteiger partial charge in [0.1, 0.15) is 19.0 Å². The molecule has 0 unspecified atom stereocenters. The molecule has 0 amide bonds. The van der Waals surface area contributed by atoms with Crippen molar-refractivity contribution in [2.24, 2.45) is 0 Å². The predicted molar refractivity (Wildman–Crippen MR) is 88.5 cm³/mol. The Morgan fingerprint density at radius 3 is 2.62 bits per heavy atom. The maximum absolute atomic E-state index is 11.9. The fraction of sp³-hybridized carbons (Fsp3) is 0.133. The highest BCUT2D eigenvalue weighted by Crippen LogP contribution is 2.24.